The molecule has 0 aromatic heterocycles. The lowest BCUT2D eigenvalue weighted by molar-refractivity contribution is -0.142. The van der Waals surface area contributed by atoms with Crippen molar-refractivity contribution in [1.29, 1.82) is 0 Å². The second-order valence-corrected chi connectivity index (χ2v) is 7.93. The van der Waals surface area contributed by atoms with Crippen molar-refractivity contribution in [1.82, 2.24) is 5.32 Å². The van der Waals surface area contributed by atoms with Crippen LogP contribution in [0.1, 0.15) is 18.0 Å². The zero-order valence-electron chi connectivity index (χ0n) is 13.3. The monoisotopic (exact) mass is 345 g/mol. The Bertz CT molecular complexity index is 805. The highest BCUT2D eigenvalue weighted by Gasteiger charge is 2.45. The van der Waals surface area contributed by atoms with E-state index in [1.54, 1.807) is 30.3 Å². The molecule has 0 spiro atoms. The highest BCUT2D eigenvalue weighted by Crippen LogP contribution is 2.35. The van der Waals surface area contributed by atoms with E-state index in [1.807, 2.05) is 30.3 Å². The van der Waals surface area contributed by atoms with Crippen molar-refractivity contribution < 1.29 is 17.9 Å². The summed E-state index contributed by atoms with van der Waals surface area (Å²) in [5.41, 5.74) is 0.841. The quantitative estimate of drug-likeness (QED) is 0.859. The number of esters is 1. The Morgan fingerprint density at radius 1 is 1.04 bits per heavy atom. The van der Waals surface area contributed by atoms with Crippen LogP contribution in [0.15, 0.2) is 65.6 Å². The predicted molar refractivity (Wildman–Crippen MR) is 90.2 cm³/mol. The molecule has 0 bridgehead atoms. The minimum absolute atomic E-state index is 0.184. The highest BCUT2D eigenvalue weighted by molar-refractivity contribution is 7.92. The largest absolute Gasteiger partial charge is 0.468 e. The number of nitrogens with one attached hydrogen (secondary N) is 1. The Hall–Kier alpha value is -2.18. The van der Waals surface area contributed by atoms with Crippen molar-refractivity contribution in [3.63, 3.8) is 0 Å². The number of carbonyl (C=O) groups excluding carboxylic acids is 1. The summed E-state index contributed by atoms with van der Waals surface area (Å²) in [5, 5.41) is 2.40. The van der Waals surface area contributed by atoms with Crippen LogP contribution in [0.25, 0.3) is 0 Å². The van der Waals surface area contributed by atoms with E-state index < -0.39 is 33.1 Å². The number of methoxy groups -OCH3 is 1. The van der Waals surface area contributed by atoms with E-state index in [-0.39, 0.29) is 11.3 Å². The number of carbonyl (C=O) groups is 1. The third kappa shape index (κ3) is 3.07. The summed E-state index contributed by atoms with van der Waals surface area (Å²) in [6.45, 7) is 0. The SMILES string of the molecule is COC(=O)[C@H]1C[C@H](S(=O)(=O)c2ccccc2)[C@@H](c2ccccc2)N1. The van der Waals surface area contributed by atoms with Crippen LogP contribution in [-0.2, 0) is 19.4 Å². The number of hydrogen-bond acceptors (Lipinski definition) is 5. The normalized spacial score (nSPS) is 23.8. The van der Waals surface area contributed by atoms with Crippen molar-refractivity contribution in [2.24, 2.45) is 0 Å². The highest BCUT2D eigenvalue weighted by atomic mass is 32.2. The van der Waals surface area contributed by atoms with Gasteiger partial charge in [0.25, 0.3) is 0 Å². The average Bonchev–Trinajstić information content (AvgIpc) is 3.09. The third-order valence-corrected chi connectivity index (χ3v) is 6.53. The number of rotatable bonds is 4. The lowest BCUT2D eigenvalue weighted by Gasteiger charge is -2.20. The molecular weight excluding hydrogens is 326 g/mol. The number of sulfone groups is 1. The van der Waals surface area contributed by atoms with Gasteiger partial charge in [0.1, 0.15) is 6.04 Å². The van der Waals surface area contributed by atoms with E-state index in [1.165, 1.54) is 7.11 Å². The molecule has 5 nitrogen and oxygen atoms in total. The fourth-order valence-corrected chi connectivity index (χ4v) is 5.05. The number of benzene rings is 2. The first-order valence-electron chi connectivity index (χ1n) is 7.72. The standard InChI is InChI=1S/C18H19NO4S/c1-23-18(20)15-12-16(17(19-15)13-8-4-2-5-9-13)24(21,22)14-10-6-3-7-11-14/h2-11,15-17,19H,12H2,1H3/t15-,16+,17-/m1/s1. The van der Waals surface area contributed by atoms with Crippen LogP contribution < -0.4 is 5.32 Å². The van der Waals surface area contributed by atoms with E-state index in [0.29, 0.717) is 0 Å². The van der Waals surface area contributed by atoms with Crippen LogP contribution >= 0.6 is 0 Å². The van der Waals surface area contributed by atoms with E-state index >= 15 is 0 Å². The smallest absolute Gasteiger partial charge is 0.322 e. The summed E-state index contributed by atoms with van der Waals surface area (Å²) >= 11 is 0. The maximum absolute atomic E-state index is 13.1. The molecular formula is C18H19NO4S. The molecule has 1 fully saturated rings. The summed E-state index contributed by atoms with van der Waals surface area (Å²) in [5.74, 6) is -0.443. The number of hydrogen-bond donors (Lipinski definition) is 1. The van der Waals surface area contributed by atoms with E-state index in [0.717, 1.165) is 5.56 Å². The molecule has 6 heteroatoms. The van der Waals surface area contributed by atoms with Crippen molar-refractivity contribution >= 4 is 15.8 Å². The molecule has 24 heavy (non-hydrogen) atoms. The molecule has 1 N–H and O–H groups in total. The second kappa shape index (κ2) is 6.75. The average molecular weight is 345 g/mol. The number of ether oxygens (including phenoxy) is 1. The van der Waals surface area contributed by atoms with Gasteiger partial charge in [-0.3, -0.25) is 10.1 Å². The van der Waals surface area contributed by atoms with Crippen molar-refractivity contribution in [2.75, 3.05) is 7.11 Å². The van der Waals surface area contributed by atoms with Crippen LogP contribution in [-0.4, -0.2) is 32.8 Å². The van der Waals surface area contributed by atoms with Crippen LogP contribution in [0.4, 0.5) is 0 Å². The van der Waals surface area contributed by atoms with Gasteiger partial charge >= 0.3 is 5.97 Å². The van der Waals surface area contributed by atoms with Gasteiger partial charge in [0, 0.05) is 0 Å². The third-order valence-electron chi connectivity index (χ3n) is 4.34. The zero-order chi connectivity index (χ0) is 17.2. The molecule has 1 aliphatic heterocycles. The van der Waals surface area contributed by atoms with Gasteiger partial charge < -0.3 is 4.74 Å². The van der Waals surface area contributed by atoms with Crippen molar-refractivity contribution in [2.45, 2.75) is 28.6 Å². The van der Waals surface area contributed by atoms with E-state index in [2.05, 4.69) is 5.32 Å². The maximum Gasteiger partial charge on any atom is 0.322 e. The van der Waals surface area contributed by atoms with Gasteiger partial charge in [0.05, 0.1) is 23.3 Å². The van der Waals surface area contributed by atoms with Gasteiger partial charge in [-0.05, 0) is 24.1 Å². The molecule has 1 saturated heterocycles. The maximum atomic E-state index is 13.1. The first-order chi connectivity index (χ1) is 11.5. The van der Waals surface area contributed by atoms with Gasteiger partial charge in [0.15, 0.2) is 9.84 Å². The summed E-state index contributed by atoms with van der Waals surface area (Å²) in [6.07, 6.45) is 0.184. The van der Waals surface area contributed by atoms with E-state index in [4.69, 9.17) is 4.74 Å². The molecule has 0 unspecified atom stereocenters. The van der Waals surface area contributed by atoms with E-state index in [9.17, 15) is 13.2 Å². The molecule has 3 rings (SSSR count). The second-order valence-electron chi connectivity index (χ2n) is 5.76. The van der Waals surface area contributed by atoms with Crippen LogP contribution in [0, 0.1) is 0 Å². The zero-order valence-corrected chi connectivity index (χ0v) is 14.1. The Labute approximate surface area is 141 Å². The Morgan fingerprint density at radius 3 is 2.21 bits per heavy atom. The van der Waals surface area contributed by atoms with Gasteiger partial charge in [-0.1, -0.05) is 48.5 Å². The minimum atomic E-state index is -3.58. The van der Waals surface area contributed by atoms with Crippen LogP contribution in [0.3, 0.4) is 0 Å². The molecule has 0 saturated carbocycles. The van der Waals surface area contributed by atoms with Crippen LogP contribution in [0.2, 0.25) is 0 Å². The van der Waals surface area contributed by atoms with Crippen molar-refractivity contribution in [3.05, 3.63) is 66.2 Å². The summed E-state index contributed by atoms with van der Waals surface area (Å²) < 4.78 is 31.0. The minimum Gasteiger partial charge on any atom is -0.468 e. The summed E-state index contributed by atoms with van der Waals surface area (Å²) in [4.78, 5) is 12.2. The Morgan fingerprint density at radius 2 is 1.62 bits per heavy atom. The Balaban J connectivity index is 2.01. The molecule has 2 aromatic rings. The summed E-state index contributed by atoms with van der Waals surface area (Å²) in [6, 6.07) is 16.6. The lowest BCUT2D eigenvalue weighted by atomic mass is 10.1. The molecule has 1 aliphatic rings. The fourth-order valence-electron chi connectivity index (χ4n) is 3.13. The van der Waals surface area contributed by atoms with Crippen LogP contribution in [0.5, 0.6) is 0 Å². The molecule has 0 amide bonds. The first kappa shape index (κ1) is 16.7. The molecule has 0 aliphatic carbocycles. The molecule has 2 aromatic carbocycles. The molecule has 126 valence electrons. The lowest BCUT2D eigenvalue weighted by Crippen LogP contribution is -2.33. The molecule has 1 heterocycles. The summed E-state index contributed by atoms with van der Waals surface area (Å²) in [7, 11) is -2.27. The first-order valence-corrected chi connectivity index (χ1v) is 9.26. The van der Waals surface area contributed by atoms with Gasteiger partial charge in [-0.15, -0.1) is 0 Å². The topological polar surface area (TPSA) is 72.5 Å². The van der Waals surface area contributed by atoms with Gasteiger partial charge in [-0.25, -0.2) is 8.42 Å². The fraction of sp³-hybridized carbons (Fsp3) is 0.278. The predicted octanol–water partition coefficient (Wildman–Crippen LogP) is 2.11. The van der Waals surface area contributed by atoms with Crippen molar-refractivity contribution in [3.8, 4) is 0 Å². The molecule has 3 atom stereocenters. The van der Waals surface area contributed by atoms with Gasteiger partial charge in [0.2, 0.25) is 0 Å². The molecule has 0 radical (unpaired) electrons. The Kier molecular flexibility index (Phi) is 4.69. The van der Waals surface area contributed by atoms with Gasteiger partial charge in [-0.2, -0.15) is 0 Å².